The first kappa shape index (κ1) is 14.7. The summed E-state index contributed by atoms with van der Waals surface area (Å²) < 4.78 is 4.82. The molecule has 1 rings (SSSR count). The summed E-state index contributed by atoms with van der Waals surface area (Å²) in [5, 5.41) is 12.3. The Morgan fingerprint density at radius 2 is 2.00 bits per heavy atom. The third-order valence-electron chi connectivity index (χ3n) is 2.83. The monoisotopic (exact) mass is 251 g/mol. The van der Waals surface area contributed by atoms with E-state index in [1.54, 1.807) is 7.11 Å². The zero-order valence-corrected chi connectivity index (χ0v) is 11.2. The molecule has 1 amide bonds. The quantitative estimate of drug-likeness (QED) is 0.804. The standard InChI is InChI=1S/C14H21NO3/c1-10-5-4-6-11(2)13(10)14(17)15-8-7-12(16)9-18-3/h4-6,12,16H,7-9H2,1-3H3,(H,15,17). The number of nitrogens with one attached hydrogen (secondary N) is 1. The van der Waals surface area contributed by atoms with Crippen molar-refractivity contribution in [1.29, 1.82) is 0 Å². The maximum atomic E-state index is 12.0. The van der Waals surface area contributed by atoms with Crippen molar-refractivity contribution in [3.63, 3.8) is 0 Å². The van der Waals surface area contributed by atoms with Crippen LogP contribution in [0.15, 0.2) is 18.2 Å². The topological polar surface area (TPSA) is 58.6 Å². The number of hydrogen-bond acceptors (Lipinski definition) is 3. The first-order chi connectivity index (χ1) is 8.56. The van der Waals surface area contributed by atoms with Crippen LogP contribution in [-0.2, 0) is 4.74 Å². The van der Waals surface area contributed by atoms with Gasteiger partial charge in [-0.3, -0.25) is 4.79 Å². The molecule has 0 heterocycles. The van der Waals surface area contributed by atoms with Gasteiger partial charge in [0, 0.05) is 19.2 Å². The molecule has 18 heavy (non-hydrogen) atoms. The number of carbonyl (C=O) groups excluding carboxylic acids is 1. The average Bonchev–Trinajstić information content (AvgIpc) is 2.29. The third kappa shape index (κ3) is 4.13. The summed E-state index contributed by atoms with van der Waals surface area (Å²) in [5.41, 5.74) is 2.65. The number of carbonyl (C=O) groups is 1. The van der Waals surface area contributed by atoms with Crippen LogP contribution in [-0.4, -0.2) is 37.4 Å². The van der Waals surface area contributed by atoms with E-state index in [0.29, 0.717) is 19.6 Å². The van der Waals surface area contributed by atoms with Crippen molar-refractivity contribution in [3.05, 3.63) is 34.9 Å². The van der Waals surface area contributed by atoms with Gasteiger partial charge in [-0.05, 0) is 31.4 Å². The molecular weight excluding hydrogens is 230 g/mol. The maximum absolute atomic E-state index is 12.0. The second-order valence-corrected chi connectivity index (χ2v) is 4.42. The van der Waals surface area contributed by atoms with E-state index in [0.717, 1.165) is 16.7 Å². The van der Waals surface area contributed by atoms with Gasteiger partial charge in [0.2, 0.25) is 0 Å². The molecule has 0 aromatic heterocycles. The van der Waals surface area contributed by atoms with Crippen LogP contribution < -0.4 is 5.32 Å². The van der Waals surface area contributed by atoms with E-state index in [2.05, 4.69) is 5.32 Å². The van der Waals surface area contributed by atoms with Crippen LogP contribution in [0.5, 0.6) is 0 Å². The lowest BCUT2D eigenvalue weighted by atomic mass is 10.0. The molecule has 0 fully saturated rings. The number of aryl methyl sites for hydroxylation is 2. The van der Waals surface area contributed by atoms with E-state index in [4.69, 9.17) is 4.74 Å². The predicted octanol–water partition coefficient (Wildman–Crippen LogP) is 1.43. The summed E-state index contributed by atoms with van der Waals surface area (Å²) in [6, 6.07) is 5.77. The molecule has 0 aliphatic carbocycles. The fourth-order valence-electron chi connectivity index (χ4n) is 1.89. The number of methoxy groups -OCH3 is 1. The third-order valence-corrected chi connectivity index (χ3v) is 2.83. The van der Waals surface area contributed by atoms with Gasteiger partial charge in [0.25, 0.3) is 5.91 Å². The van der Waals surface area contributed by atoms with Crippen molar-refractivity contribution in [2.24, 2.45) is 0 Å². The molecule has 1 aromatic rings. The van der Waals surface area contributed by atoms with Gasteiger partial charge in [0.05, 0.1) is 12.7 Å². The Kier molecular flexibility index (Phi) is 5.82. The molecule has 0 spiro atoms. The van der Waals surface area contributed by atoms with Gasteiger partial charge < -0.3 is 15.2 Å². The van der Waals surface area contributed by atoms with Gasteiger partial charge in [0.1, 0.15) is 0 Å². The van der Waals surface area contributed by atoms with E-state index in [1.165, 1.54) is 0 Å². The van der Waals surface area contributed by atoms with Gasteiger partial charge in [-0.1, -0.05) is 18.2 Å². The molecule has 100 valence electrons. The summed E-state index contributed by atoms with van der Waals surface area (Å²) in [7, 11) is 1.54. The molecule has 4 nitrogen and oxygen atoms in total. The van der Waals surface area contributed by atoms with Crippen LogP contribution in [0.1, 0.15) is 27.9 Å². The van der Waals surface area contributed by atoms with Gasteiger partial charge >= 0.3 is 0 Å². The molecule has 0 aliphatic rings. The zero-order chi connectivity index (χ0) is 13.5. The van der Waals surface area contributed by atoms with Crippen molar-refractivity contribution < 1.29 is 14.6 Å². The van der Waals surface area contributed by atoms with Gasteiger partial charge in [-0.25, -0.2) is 0 Å². The minimum absolute atomic E-state index is 0.0878. The first-order valence-electron chi connectivity index (χ1n) is 6.07. The summed E-state index contributed by atoms with van der Waals surface area (Å²) in [6.45, 7) is 4.57. The van der Waals surface area contributed by atoms with E-state index in [-0.39, 0.29) is 5.91 Å². The number of benzene rings is 1. The molecule has 0 radical (unpaired) electrons. The maximum Gasteiger partial charge on any atom is 0.251 e. The van der Waals surface area contributed by atoms with Gasteiger partial charge in [-0.15, -0.1) is 0 Å². The van der Waals surface area contributed by atoms with Crippen LogP contribution in [0.4, 0.5) is 0 Å². The lowest BCUT2D eigenvalue weighted by Gasteiger charge is -2.12. The minimum Gasteiger partial charge on any atom is -0.391 e. The van der Waals surface area contributed by atoms with Crippen molar-refractivity contribution in [3.8, 4) is 0 Å². The van der Waals surface area contributed by atoms with E-state index in [1.807, 2.05) is 32.0 Å². The van der Waals surface area contributed by atoms with Gasteiger partial charge in [-0.2, -0.15) is 0 Å². The highest BCUT2D eigenvalue weighted by Crippen LogP contribution is 2.12. The molecule has 1 aromatic carbocycles. The van der Waals surface area contributed by atoms with Crippen LogP contribution in [0.3, 0.4) is 0 Å². The number of ether oxygens (including phenoxy) is 1. The van der Waals surface area contributed by atoms with E-state index in [9.17, 15) is 9.90 Å². The SMILES string of the molecule is COCC(O)CCNC(=O)c1c(C)cccc1C. The number of rotatable bonds is 6. The van der Waals surface area contributed by atoms with E-state index >= 15 is 0 Å². The van der Waals surface area contributed by atoms with Crippen LogP contribution in [0, 0.1) is 13.8 Å². The molecule has 2 N–H and O–H groups in total. The minimum atomic E-state index is -0.534. The molecule has 1 atom stereocenters. The summed E-state index contributed by atoms with van der Waals surface area (Å²) >= 11 is 0. The first-order valence-corrected chi connectivity index (χ1v) is 6.07. The normalized spacial score (nSPS) is 12.2. The molecule has 0 aliphatic heterocycles. The van der Waals surface area contributed by atoms with Crippen LogP contribution in [0.2, 0.25) is 0 Å². The highest BCUT2D eigenvalue weighted by molar-refractivity contribution is 5.97. The lowest BCUT2D eigenvalue weighted by molar-refractivity contribution is 0.0587. The zero-order valence-electron chi connectivity index (χ0n) is 11.2. The highest BCUT2D eigenvalue weighted by Gasteiger charge is 2.11. The lowest BCUT2D eigenvalue weighted by Crippen LogP contribution is -2.29. The molecule has 1 unspecified atom stereocenters. The second kappa shape index (κ2) is 7.13. The average molecular weight is 251 g/mol. The molecule has 4 heteroatoms. The Labute approximate surface area is 108 Å². The molecule has 0 saturated carbocycles. The Hall–Kier alpha value is -1.39. The molecule has 0 bridgehead atoms. The van der Waals surface area contributed by atoms with Crippen molar-refractivity contribution in [1.82, 2.24) is 5.32 Å². The van der Waals surface area contributed by atoms with Crippen molar-refractivity contribution in [2.75, 3.05) is 20.3 Å². The van der Waals surface area contributed by atoms with Crippen molar-refractivity contribution >= 4 is 5.91 Å². The predicted molar refractivity (Wildman–Crippen MR) is 70.7 cm³/mol. The Morgan fingerprint density at radius 1 is 1.39 bits per heavy atom. The summed E-state index contributed by atoms with van der Waals surface area (Å²) in [5.74, 6) is -0.0878. The Morgan fingerprint density at radius 3 is 2.56 bits per heavy atom. The number of hydrogen-bond donors (Lipinski definition) is 2. The van der Waals surface area contributed by atoms with Crippen LogP contribution in [0.25, 0.3) is 0 Å². The fraction of sp³-hybridized carbons (Fsp3) is 0.500. The molecule has 0 saturated heterocycles. The Bertz CT molecular complexity index is 384. The molecular formula is C14H21NO3. The van der Waals surface area contributed by atoms with Gasteiger partial charge in [0.15, 0.2) is 0 Å². The largest absolute Gasteiger partial charge is 0.391 e. The summed E-state index contributed by atoms with van der Waals surface area (Å²) in [4.78, 5) is 12.0. The highest BCUT2D eigenvalue weighted by atomic mass is 16.5. The number of aliphatic hydroxyl groups excluding tert-OH is 1. The Balaban J connectivity index is 2.51. The van der Waals surface area contributed by atoms with Crippen molar-refractivity contribution in [2.45, 2.75) is 26.4 Å². The summed E-state index contributed by atoms with van der Waals surface area (Å²) in [6.07, 6.45) is -0.0434. The number of amides is 1. The second-order valence-electron chi connectivity index (χ2n) is 4.42. The fourth-order valence-corrected chi connectivity index (χ4v) is 1.89. The van der Waals surface area contributed by atoms with E-state index < -0.39 is 6.10 Å². The smallest absolute Gasteiger partial charge is 0.251 e. The number of aliphatic hydroxyl groups is 1. The van der Waals surface area contributed by atoms with Crippen LogP contribution >= 0.6 is 0 Å².